The first-order chi connectivity index (χ1) is 16.7. The van der Waals surface area contributed by atoms with Crippen molar-refractivity contribution >= 4 is 5.91 Å². The number of hydrogen-bond acceptors (Lipinski definition) is 2. The van der Waals surface area contributed by atoms with E-state index in [1.54, 1.807) is 0 Å². The third kappa shape index (κ3) is 19.9. The summed E-state index contributed by atoms with van der Waals surface area (Å²) in [6.45, 7) is 5.21. The lowest BCUT2D eigenvalue weighted by atomic mass is 10.0. The summed E-state index contributed by atoms with van der Waals surface area (Å²) >= 11 is 0. The Balaban J connectivity index is 1.76. The maximum atomic E-state index is 11.0. The molecule has 0 aromatic heterocycles. The minimum absolute atomic E-state index is 0.0000800. The number of hydrogen-bond donors (Lipinski definition) is 1. The second-order valence-electron chi connectivity index (χ2n) is 10.1. The zero-order valence-electron chi connectivity index (χ0n) is 22.7. The second kappa shape index (κ2) is 23.2. The number of rotatable bonds is 24. The first kappa shape index (κ1) is 30.5. The number of amides is 1. The van der Waals surface area contributed by atoms with E-state index in [9.17, 15) is 4.79 Å². The van der Waals surface area contributed by atoms with E-state index < -0.39 is 0 Å². The quantitative estimate of drug-likeness (QED) is 0.152. The molecule has 0 aliphatic rings. The van der Waals surface area contributed by atoms with E-state index in [0.29, 0.717) is 6.54 Å². The van der Waals surface area contributed by atoms with Gasteiger partial charge in [-0.15, -0.1) is 0 Å². The predicted octanol–water partition coefficient (Wildman–Crippen LogP) is 9.52. The molecule has 0 radical (unpaired) electrons. The molecule has 0 aliphatic carbocycles. The van der Waals surface area contributed by atoms with Crippen LogP contribution in [0.15, 0.2) is 24.3 Å². The number of benzene rings is 1. The van der Waals surface area contributed by atoms with Crippen molar-refractivity contribution in [3.05, 3.63) is 29.8 Å². The molecule has 0 fully saturated rings. The van der Waals surface area contributed by atoms with Crippen LogP contribution in [0.25, 0.3) is 0 Å². The fourth-order valence-corrected chi connectivity index (χ4v) is 4.48. The normalized spacial score (nSPS) is 11.0. The molecule has 0 unspecified atom stereocenters. The molecule has 196 valence electrons. The summed E-state index contributed by atoms with van der Waals surface area (Å²) in [5.74, 6) is 0.921. The van der Waals surface area contributed by atoms with Crippen LogP contribution in [0.1, 0.15) is 148 Å². The van der Waals surface area contributed by atoms with Crippen LogP contribution >= 0.6 is 0 Å². The van der Waals surface area contributed by atoms with Gasteiger partial charge in [-0.1, -0.05) is 141 Å². The van der Waals surface area contributed by atoms with Gasteiger partial charge in [-0.25, -0.2) is 0 Å². The monoisotopic (exact) mass is 473 g/mol. The largest absolute Gasteiger partial charge is 0.494 e. The molecule has 3 nitrogen and oxygen atoms in total. The van der Waals surface area contributed by atoms with Gasteiger partial charge in [-0.3, -0.25) is 4.79 Å². The first-order valence-electron chi connectivity index (χ1n) is 14.7. The average molecular weight is 474 g/mol. The average Bonchev–Trinajstić information content (AvgIpc) is 2.84. The van der Waals surface area contributed by atoms with Gasteiger partial charge in [-0.05, 0) is 24.1 Å². The Morgan fingerprint density at radius 1 is 0.618 bits per heavy atom. The molecule has 1 aromatic rings. The molecule has 0 saturated carbocycles. The zero-order chi connectivity index (χ0) is 24.5. The Morgan fingerprint density at radius 2 is 1.00 bits per heavy atom. The number of ether oxygens (including phenoxy) is 1. The van der Waals surface area contributed by atoms with E-state index >= 15 is 0 Å². The van der Waals surface area contributed by atoms with Crippen molar-refractivity contribution < 1.29 is 9.53 Å². The Labute approximate surface area is 211 Å². The minimum Gasteiger partial charge on any atom is -0.494 e. The molecule has 0 spiro atoms. The molecule has 1 aromatic carbocycles. The van der Waals surface area contributed by atoms with E-state index in [2.05, 4.69) is 12.2 Å². The maximum Gasteiger partial charge on any atom is 0.217 e. The van der Waals surface area contributed by atoms with Gasteiger partial charge in [0.25, 0.3) is 0 Å². The molecular weight excluding hydrogens is 418 g/mol. The van der Waals surface area contributed by atoms with Crippen LogP contribution in [0.4, 0.5) is 0 Å². The number of carbonyl (C=O) groups excluding carboxylic acids is 1. The molecule has 34 heavy (non-hydrogen) atoms. The van der Waals surface area contributed by atoms with Gasteiger partial charge in [0.2, 0.25) is 5.91 Å². The lowest BCUT2D eigenvalue weighted by Crippen LogP contribution is -2.18. The fraction of sp³-hybridized carbons (Fsp3) is 0.774. The van der Waals surface area contributed by atoms with Crippen LogP contribution in [-0.2, 0) is 11.3 Å². The zero-order valence-corrected chi connectivity index (χ0v) is 22.7. The van der Waals surface area contributed by atoms with Gasteiger partial charge in [-0.2, -0.15) is 0 Å². The molecule has 0 aliphatic heterocycles. The van der Waals surface area contributed by atoms with Crippen LogP contribution in [-0.4, -0.2) is 12.5 Å². The van der Waals surface area contributed by atoms with Crippen molar-refractivity contribution in [3.63, 3.8) is 0 Å². The summed E-state index contributed by atoms with van der Waals surface area (Å²) in [6, 6.07) is 8.02. The number of unbranched alkanes of at least 4 members (excludes halogenated alkanes) is 19. The van der Waals surface area contributed by atoms with Crippen molar-refractivity contribution in [2.75, 3.05) is 6.61 Å². The third-order valence-electron chi connectivity index (χ3n) is 6.73. The first-order valence-corrected chi connectivity index (χ1v) is 14.7. The lowest BCUT2D eigenvalue weighted by molar-refractivity contribution is -0.119. The van der Waals surface area contributed by atoms with Gasteiger partial charge < -0.3 is 10.1 Å². The van der Waals surface area contributed by atoms with E-state index in [1.807, 2.05) is 24.3 Å². The Hall–Kier alpha value is -1.51. The van der Waals surface area contributed by atoms with Crippen molar-refractivity contribution in [2.24, 2.45) is 0 Å². The van der Waals surface area contributed by atoms with Crippen LogP contribution in [0.5, 0.6) is 5.75 Å². The molecule has 1 amide bonds. The molecular formula is C31H55NO2. The van der Waals surface area contributed by atoms with Crippen molar-refractivity contribution in [2.45, 2.75) is 149 Å². The Kier molecular flexibility index (Phi) is 20.9. The topological polar surface area (TPSA) is 38.3 Å². The molecule has 0 saturated heterocycles. The number of nitrogens with one attached hydrogen (secondary N) is 1. The number of carbonyl (C=O) groups is 1. The molecule has 0 bridgehead atoms. The van der Waals surface area contributed by atoms with E-state index in [0.717, 1.165) is 24.3 Å². The van der Waals surface area contributed by atoms with Gasteiger partial charge in [0, 0.05) is 13.5 Å². The maximum absolute atomic E-state index is 11.0. The van der Waals surface area contributed by atoms with E-state index in [4.69, 9.17) is 4.74 Å². The van der Waals surface area contributed by atoms with Crippen LogP contribution < -0.4 is 10.1 Å². The molecule has 0 heterocycles. The molecule has 1 rings (SSSR count). The van der Waals surface area contributed by atoms with Crippen molar-refractivity contribution in [1.82, 2.24) is 5.32 Å². The van der Waals surface area contributed by atoms with Gasteiger partial charge in [0.05, 0.1) is 6.61 Å². The Bertz CT molecular complexity index is 569. The Morgan fingerprint density at radius 3 is 1.38 bits per heavy atom. The van der Waals surface area contributed by atoms with E-state index in [1.165, 1.54) is 129 Å². The van der Waals surface area contributed by atoms with Crippen molar-refractivity contribution in [1.29, 1.82) is 0 Å². The lowest BCUT2D eigenvalue weighted by Gasteiger charge is -2.08. The van der Waals surface area contributed by atoms with Gasteiger partial charge >= 0.3 is 0 Å². The molecule has 0 atom stereocenters. The van der Waals surface area contributed by atoms with Gasteiger partial charge in [0.15, 0.2) is 0 Å². The molecule has 1 N–H and O–H groups in total. The highest BCUT2D eigenvalue weighted by molar-refractivity contribution is 5.72. The van der Waals surface area contributed by atoms with Gasteiger partial charge in [0.1, 0.15) is 5.75 Å². The summed E-state index contributed by atoms with van der Waals surface area (Å²) in [4.78, 5) is 11.0. The summed E-state index contributed by atoms with van der Waals surface area (Å²) < 4.78 is 5.84. The minimum atomic E-state index is -0.0000800. The third-order valence-corrected chi connectivity index (χ3v) is 6.73. The standard InChI is InChI=1S/C31H55NO2/c1-3-4-5-6-7-8-9-10-11-12-13-14-15-16-17-18-19-20-21-22-27-34-31-25-23-30(24-26-31)28-32-29(2)33/h23-26H,3-22,27-28H2,1-2H3,(H,32,33). The summed E-state index contributed by atoms with van der Waals surface area (Å²) in [6.07, 6.45) is 28.1. The summed E-state index contributed by atoms with van der Waals surface area (Å²) in [5, 5.41) is 2.81. The van der Waals surface area contributed by atoms with Crippen molar-refractivity contribution in [3.8, 4) is 5.75 Å². The van der Waals surface area contributed by atoms with Crippen LogP contribution in [0.3, 0.4) is 0 Å². The summed E-state index contributed by atoms with van der Waals surface area (Å²) in [7, 11) is 0. The summed E-state index contributed by atoms with van der Waals surface area (Å²) in [5.41, 5.74) is 1.10. The highest BCUT2D eigenvalue weighted by atomic mass is 16.5. The second-order valence-corrected chi connectivity index (χ2v) is 10.1. The highest BCUT2D eigenvalue weighted by Crippen LogP contribution is 2.16. The smallest absolute Gasteiger partial charge is 0.217 e. The SMILES string of the molecule is CCCCCCCCCCCCCCCCCCCCCCOc1ccc(CNC(C)=O)cc1. The molecule has 3 heteroatoms. The van der Waals surface area contributed by atoms with Crippen LogP contribution in [0.2, 0.25) is 0 Å². The van der Waals surface area contributed by atoms with E-state index in [-0.39, 0.29) is 5.91 Å². The fourth-order valence-electron chi connectivity index (χ4n) is 4.48. The predicted molar refractivity (Wildman–Crippen MR) is 147 cm³/mol. The van der Waals surface area contributed by atoms with Crippen LogP contribution in [0, 0.1) is 0 Å². The highest BCUT2D eigenvalue weighted by Gasteiger charge is 1.98.